The molecule has 1 aromatic heterocycles. The van der Waals surface area contributed by atoms with E-state index in [1.54, 1.807) is 0 Å². The number of fused-ring (bicyclic) bond motifs is 1. The summed E-state index contributed by atoms with van der Waals surface area (Å²) in [6, 6.07) is 5.75. The zero-order valence-electron chi connectivity index (χ0n) is 17.8. The molecule has 0 saturated heterocycles. The van der Waals surface area contributed by atoms with Gasteiger partial charge >= 0.3 is 0 Å². The third-order valence-corrected chi connectivity index (χ3v) is 7.07. The van der Waals surface area contributed by atoms with Crippen LogP contribution in [0.25, 0.3) is 0 Å². The average Bonchev–Trinajstić information content (AvgIpc) is 2.99. The second-order valence-corrected chi connectivity index (χ2v) is 10.0. The lowest BCUT2D eigenvalue weighted by Crippen LogP contribution is -2.27. The van der Waals surface area contributed by atoms with Gasteiger partial charge in [-0.3, -0.25) is 9.59 Å². The summed E-state index contributed by atoms with van der Waals surface area (Å²) in [6.07, 6.45) is 2.76. The zero-order chi connectivity index (χ0) is 21.3. The largest absolute Gasteiger partial charge is 0.483 e. The smallest absolute Gasteiger partial charge is 0.262 e. The fourth-order valence-electron chi connectivity index (χ4n) is 3.86. The summed E-state index contributed by atoms with van der Waals surface area (Å²) in [5, 5.41) is 3.41. The van der Waals surface area contributed by atoms with Crippen LogP contribution in [0.5, 0.6) is 5.75 Å². The van der Waals surface area contributed by atoms with Crippen molar-refractivity contribution in [1.29, 1.82) is 0 Å². The van der Waals surface area contributed by atoms with Crippen LogP contribution in [0, 0.1) is 25.2 Å². The third-order valence-electron chi connectivity index (χ3n) is 5.90. The molecule has 0 fully saturated rings. The molecule has 1 aliphatic rings. The first-order valence-corrected chi connectivity index (χ1v) is 10.8. The predicted molar refractivity (Wildman–Crippen MR) is 118 cm³/mol. The molecular weight excluding hydrogens is 384 g/mol. The molecular formula is C23H30N2O3S. The first kappa shape index (κ1) is 21.4. The standard InChI is InChI=1S/C23H30N2O3S/c1-13-7-6-8-17(14(13)2)28-12-19(26)25-22-20(21(24)27)16-10-9-15(23(3,4)5)11-18(16)29-22/h6-8,15H,9-12H2,1-5H3,(H2,24,27)(H,25,26)/t15-/m1/s1. The van der Waals surface area contributed by atoms with Gasteiger partial charge in [-0.25, -0.2) is 0 Å². The van der Waals surface area contributed by atoms with Gasteiger partial charge in [0.05, 0.1) is 5.56 Å². The van der Waals surface area contributed by atoms with Gasteiger partial charge in [0.15, 0.2) is 6.61 Å². The van der Waals surface area contributed by atoms with E-state index in [9.17, 15) is 9.59 Å². The van der Waals surface area contributed by atoms with Crippen LogP contribution in [0.2, 0.25) is 0 Å². The van der Waals surface area contributed by atoms with Gasteiger partial charge in [0.25, 0.3) is 11.8 Å². The minimum Gasteiger partial charge on any atom is -0.483 e. The maximum Gasteiger partial charge on any atom is 0.262 e. The van der Waals surface area contributed by atoms with Gasteiger partial charge in [-0.15, -0.1) is 11.3 Å². The quantitative estimate of drug-likeness (QED) is 0.748. The summed E-state index contributed by atoms with van der Waals surface area (Å²) in [7, 11) is 0. The molecule has 1 aliphatic carbocycles. The molecule has 3 N–H and O–H groups in total. The van der Waals surface area contributed by atoms with Crippen molar-refractivity contribution in [1.82, 2.24) is 0 Å². The number of carbonyl (C=O) groups is 2. The number of aryl methyl sites for hydroxylation is 1. The summed E-state index contributed by atoms with van der Waals surface area (Å²) in [5.41, 5.74) is 9.47. The van der Waals surface area contributed by atoms with E-state index in [-0.39, 0.29) is 17.9 Å². The highest BCUT2D eigenvalue weighted by molar-refractivity contribution is 7.17. The second kappa shape index (κ2) is 8.19. The van der Waals surface area contributed by atoms with Crippen LogP contribution in [-0.4, -0.2) is 18.4 Å². The Bertz CT molecular complexity index is 940. The molecule has 1 heterocycles. The number of benzene rings is 1. The lowest BCUT2D eigenvalue weighted by molar-refractivity contribution is -0.118. The summed E-state index contributed by atoms with van der Waals surface area (Å²) < 4.78 is 5.69. The van der Waals surface area contributed by atoms with Crippen LogP contribution in [0.3, 0.4) is 0 Å². The fraction of sp³-hybridized carbons (Fsp3) is 0.478. The number of primary amides is 1. The van der Waals surface area contributed by atoms with Crippen molar-refractivity contribution < 1.29 is 14.3 Å². The number of anilines is 1. The number of nitrogens with one attached hydrogen (secondary N) is 1. The maximum absolute atomic E-state index is 12.5. The number of rotatable bonds is 5. The number of amides is 2. The Morgan fingerprint density at radius 2 is 2.00 bits per heavy atom. The molecule has 1 atom stereocenters. The fourth-order valence-corrected chi connectivity index (χ4v) is 5.21. The minimum absolute atomic E-state index is 0.115. The van der Waals surface area contributed by atoms with Gasteiger partial charge in [0.1, 0.15) is 10.8 Å². The predicted octanol–water partition coefficient (Wildman–Crippen LogP) is 4.63. The Hall–Kier alpha value is -2.34. The number of hydrogen-bond donors (Lipinski definition) is 2. The molecule has 0 saturated carbocycles. The van der Waals surface area contributed by atoms with Crippen molar-refractivity contribution >= 4 is 28.2 Å². The Morgan fingerprint density at radius 1 is 1.28 bits per heavy atom. The van der Waals surface area contributed by atoms with Gasteiger partial charge in [-0.05, 0) is 67.2 Å². The van der Waals surface area contributed by atoms with Crippen molar-refractivity contribution in [2.24, 2.45) is 17.1 Å². The third kappa shape index (κ3) is 4.64. The summed E-state index contributed by atoms with van der Waals surface area (Å²) >= 11 is 1.48. The van der Waals surface area contributed by atoms with Crippen molar-refractivity contribution in [3.05, 3.63) is 45.3 Å². The molecule has 5 nitrogen and oxygen atoms in total. The van der Waals surface area contributed by atoms with Gasteiger partial charge in [-0.2, -0.15) is 0 Å². The molecule has 6 heteroatoms. The highest BCUT2D eigenvalue weighted by Gasteiger charge is 2.33. The van der Waals surface area contributed by atoms with Crippen LogP contribution in [0.1, 0.15) is 59.1 Å². The van der Waals surface area contributed by atoms with Crippen LogP contribution in [0.4, 0.5) is 5.00 Å². The van der Waals surface area contributed by atoms with E-state index < -0.39 is 5.91 Å². The maximum atomic E-state index is 12.5. The van der Waals surface area contributed by atoms with Crippen LogP contribution >= 0.6 is 11.3 Å². The number of ether oxygens (including phenoxy) is 1. The Kier molecular flexibility index (Phi) is 6.03. The SMILES string of the molecule is Cc1cccc(OCC(=O)Nc2sc3c(c2C(N)=O)CC[C@@H](C(C)(C)C)C3)c1C. The van der Waals surface area contributed by atoms with E-state index in [4.69, 9.17) is 10.5 Å². The summed E-state index contributed by atoms with van der Waals surface area (Å²) in [6.45, 7) is 10.6. The van der Waals surface area contributed by atoms with E-state index in [2.05, 4.69) is 26.1 Å². The van der Waals surface area contributed by atoms with Gasteiger partial charge in [0.2, 0.25) is 0 Å². The first-order valence-electron chi connectivity index (χ1n) is 10.0. The lowest BCUT2D eigenvalue weighted by Gasteiger charge is -2.33. The number of hydrogen-bond acceptors (Lipinski definition) is 4. The normalized spacial score (nSPS) is 16.2. The molecule has 1 aromatic carbocycles. The molecule has 0 spiro atoms. The van der Waals surface area contributed by atoms with Crippen LogP contribution < -0.4 is 15.8 Å². The number of nitrogens with two attached hydrogens (primary N) is 1. The lowest BCUT2D eigenvalue weighted by atomic mass is 9.72. The molecule has 156 valence electrons. The topological polar surface area (TPSA) is 81.4 Å². The Balaban J connectivity index is 1.75. The van der Waals surface area contributed by atoms with Crippen LogP contribution in [0.15, 0.2) is 18.2 Å². The van der Waals surface area contributed by atoms with Gasteiger partial charge in [-0.1, -0.05) is 32.9 Å². The highest BCUT2D eigenvalue weighted by Crippen LogP contribution is 2.44. The van der Waals surface area contributed by atoms with Gasteiger partial charge in [0, 0.05) is 4.88 Å². The van der Waals surface area contributed by atoms with Crippen molar-refractivity contribution in [2.45, 2.75) is 53.9 Å². The average molecular weight is 415 g/mol. The van der Waals surface area contributed by atoms with E-state index in [0.29, 0.717) is 22.2 Å². The number of thiophene rings is 1. The van der Waals surface area contributed by atoms with Gasteiger partial charge < -0.3 is 15.8 Å². The van der Waals surface area contributed by atoms with Crippen molar-refractivity contribution in [3.8, 4) is 5.75 Å². The van der Waals surface area contributed by atoms with E-state index in [1.807, 2.05) is 32.0 Å². The zero-order valence-corrected chi connectivity index (χ0v) is 18.7. The molecule has 29 heavy (non-hydrogen) atoms. The monoisotopic (exact) mass is 414 g/mol. The summed E-state index contributed by atoms with van der Waals surface area (Å²) in [5.74, 6) is 0.459. The second-order valence-electron chi connectivity index (χ2n) is 8.91. The molecule has 0 bridgehead atoms. The molecule has 0 aliphatic heterocycles. The minimum atomic E-state index is -0.484. The number of carbonyl (C=O) groups excluding carboxylic acids is 2. The molecule has 2 amide bonds. The Morgan fingerprint density at radius 3 is 2.66 bits per heavy atom. The van der Waals surface area contributed by atoms with E-state index in [0.717, 1.165) is 40.8 Å². The molecule has 2 aromatic rings. The summed E-state index contributed by atoms with van der Waals surface area (Å²) in [4.78, 5) is 25.8. The van der Waals surface area contributed by atoms with Crippen molar-refractivity contribution in [2.75, 3.05) is 11.9 Å². The van der Waals surface area contributed by atoms with E-state index in [1.165, 1.54) is 11.3 Å². The van der Waals surface area contributed by atoms with Crippen LogP contribution in [-0.2, 0) is 17.6 Å². The molecule has 0 radical (unpaired) electrons. The van der Waals surface area contributed by atoms with Crippen molar-refractivity contribution in [3.63, 3.8) is 0 Å². The highest BCUT2D eigenvalue weighted by atomic mass is 32.1. The molecule has 3 rings (SSSR count). The van der Waals surface area contributed by atoms with E-state index >= 15 is 0 Å². The first-order chi connectivity index (χ1) is 13.6. The Labute approximate surface area is 176 Å². The molecule has 0 unspecified atom stereocenters.